The van der Waals surface area contributed by atoms with Crippen molar-refractivity contribution < 1.29 is 55.1 Å². The Labute approximate surface area is 218 Å². The number of esters is 1. The maximum absolute atomic E-state index is 13.3. The summed E-state index contributed by atoms with van der Waals surface area (Å²) in [6.45, 7) is 0. The fourth-order valence-corrected chi connectivity index (χ4v) is 4.44. The van der Waals surface area contributed by atoms with Crippen LogP contribution in [0.15, 0.2) is 53.3 Å². The molecule has 12 nitrogen and oxygen atoms in total. The highest BCUT2D eigenvalue weighted by Gasteiger charge is 2.37. The maximum Gasteiger partial charge on any atom is 0.338 e. The number of ether oxygens (including phenoxy) is 2. The summed E-state index contributed by atoms with van der Waals surface area (Å²) in [4.78, 5) is 25.9. The number of hydrogen-bond acceptors (Lipinski definition) is 12. The minimum atomic E-state index is -1.18. The normalized spacial score (nSPS) is 16.3. The Bertz CT molecular complexity index is 1730. The first-order valence-electron chi connectivity index (χ1n) is 11.3. The number of aromatic hydroxyl groups is 8. The van der Waals surface area contributed by atoms with E-state index < -0.39 is 63.5 Å². The van der Waals surface area contributed by atoms with E-state index in [1.807, 2.05) is 0 Å². The first-order chi connectivity index (χ1) is 18.4. The zero-order valence-electron chi connectivity index (χ0n) is 19.7. The summed E-state index contributed by atoms with van der Waals surface area (Å²) in [5.41, 5.74) is -1.05. The summed E-state index contributed by atoms with van der Waals surface area (Å²) >= 11 is 0. The van der Waals surface area contributed by atoms with Gasteiger partial charge in [0.15, 0.2) is 34.9 Å². The van der Waals surface area contributed by atoms with Gasteiger partial charge in [0.05, 0.1) is 10.9 Å². The molecule has 0 bridgehead atoms. The van der Waals surface area contributed by atoms with E-state index in [1.165, 1.54) is 24.3 Å². The van der Waals surface area contributed by atoms with Crippen LogP contribution in [0.25, 0.3) is 10.8 Å². The fourth-order valence-electron chi connectivity index (χ4n) is 4.44. The molecule has 4 aromatic carbocycles. The number of carbonyl (C=O) groups excluding carboxylic acids is 1. The van der Waals surface area contributed by atoms with Gasteiger partial charge in [-0.1, -0.05) is 6.07 Å². The predicted molar refractivity (Wildman–Crippen MR) is 133 cm³/mol. The van der Waals surface area contributed by atoms with Gasteiger partial charge in [-0.15, -0.1) is 0 Å². The Morgan fingerprint density at radius 2 is 1.51 bits per heavy atom. The summed E-state index contributed by atoms with van der Waals surface area (Å²) < 4.78 is 11.6. The summed E-state index contributed by atoms with van der Waals surface area (Å²) in [7, 11) is 0. The molecular weight excluding hydrogens is 516 g/mol. The molecule has 2 atom stereocenters. The third-order valence-electron chi connectivity index (χ3n) is 6.34. The van der Waals surface area contributed by atoms with Crippen molar-refractivity contribution in [2.24, 2.45) is 0 Å². The zero-order valence-corrected chi connectivity index (χ0v) is 19.7. The van der Waals surface area contributed by atoms with Crippen LogP contribution in [0.2, 0.25) is 0 Å². The van der Waals surface area contributed by atoms with Crippen molar-refractivity contribution in [3.05, 3.63) is 75.4 Å². The molecule has 8 N–H and O–H groups in total. The highest BCUT2D eigenvalue weighted by Crippen LogP contribution is 2.44. The average molecular weight is 536 g/mol. The van der Waals surface area contributed by atoms with Crippen LogP contribution in [-0.4, -0.2) is 52.9 Å². The molecule has 4 aromatic rings. The molecule has 0 saturated heterocycles. The van der Waals surface area contributed by atoms with Gasteiger partial charge in [-0.3, -0.25) is 4.79 Å². The van der Waals surface area contributed by atoms with Crippen molar-refractivity contribution in [2.75, 3.05) is 0 Å². The largest absolute Gasteiger partial charge is 0.508 e. The molecule has 0 aliphatic carbocycles. The van der Waals surface area contributed by atoms with Crippen molar-refractivity contribution in [1.82, 2.24) is 0 Å². The van der Waals surface area contributed by atoms with E-state index in [-0.39, 0.29) is 45.7 Å². The molecule has 0 radical (unpaired) electrons. The molecule has 0 amide bonds. The number of phenols is 7. The minimum absolute atomic E-state index is 0.0777. The zero-order chi connectivity index (χ0) is 28.2. The highest BCUT2D eigenvalue weighted by atomic mass is 16.6. The summed E-state index contributed by atoms with van der Waals surface area (Å²) in [6, 6.07) is 8.82. The van der Waals surface area contributed by atoms with Crippen LogP contribution in [0.4, 0.5) is 0 Å². The molecule has 1 aliphatic heterocycles. The van der Waals surface area contributed by atoms with E-state index >= 15 is 0 Å². The molecule has 1 aliphatic rings. The first-order valence-corrected chi connectivity index (χ1v) is 11.3. The second-order valence-corrected chi connectivity index (χ2v) is 8.89. The van der Waals surface area contributed by atoms with Crippen molar-refractivity contribution in [3.8, 4) is 51.7 Å². The van der Waals surface area contributed by atoms with E-state index in [0.717, 1.165) is 24.3 Å². The Morgan fingerprint density at radius 1 is 0.769 bits per heavy atom. The van der Waals surface area contributed by atoms with Gasteiger partial charge in [0, 0.05) is 29.7 Å². The summed E-state index contributed by atoms with van der Waals surface area (Å²) in [5, 5.41) is 79.3. The number of benzene rings is 3. The molecule has 12 heteroatoms. The van der Waals surface area contributed by atoms with Gasteiger partial charge >= 0.3 is 5.97 Å². The Kier molecular flexibility index (Phi) is 5.87. The van der Waals surface area contributed by atoms with Crippen LogP contribution in [0, 0.1) is 0 Å². The highest BCUT2D eigenvalue weighted by molar-refractivity contribution is 5.98. The standard InChI is InChI=1S/C27H20O12/c28-13-7-16(30)14-9-21(26(38-20(14)8-13)10-1-2-15(29)17(31)4-10)39-27(37)12-3-11-5-19(33)24(35)25(36)22(11)23(34)18(32)6-12/h1-8,21,26,28-31,33,35-36H,9H2,(H,32,34). The van der Waals surface area contributed by atoms with Gasteiger partial charge in [-0.25, -0.2) is 4.79 Å². The van der Waals surface area contributed by atoms with Crippen LogP contribution in [0.3, 0.4) is 0 Å². The van der Waals surface area contributed by atoms with Crippen LogP contribution in [0.5, 0.6) is 51.7 Å². The number of hydrogen-bond donors (Lipinski definition) is 8. The molecule has 1 heterocycles. The lowest BCUT2D eigenvalue weighted by atomic mass is 9.93. The van der Waals surface area contributed by atoms with Crippen LogP contribution in [0.1, 0.15) is 27.6 Å². The minimum Gasteiger partial charge on any atom is -0.508 e. The number of carbonyl (C=O) groups is 1. The lowest BCUT2D eigenvalue weighted by Crippen LogP contribution is -2.34. The Balaban J connectivity index is 1.59. The first kappa shape index (κ1) is 25.1. The average Bonchev–Trinajstić information content (AvgIpc) is 3.00. The topological polar surface area (TPSA) is 214 Å². The SMILES string of the molecule is O=C(OC1Cc2c(O)cc(O)cc2OC1c1ccc(O)c(O)c1)c1cc(O)c(=O)c2c(O)c(O)c(O)cc2c1. The molecule has 39 heavy (non-hydrogen) atoms. The van der Waals surface area contributed by atoms with Crippen molar-refractivity contribution >= 4 is 16.7 Å². The van der Waals surface area contributed by atoms with Gasteiger partial charge in [0.2, 0.25) is 11.2 Å². The van der Waals surface area contributed by atoms with Gasteiger partial charge in [0.25, 0.3) is 0 Å². The third-order valence-corrected chi connectivity index (χ3v) is 6.34. The van der Waals surface area contributed by atoms with Gasteiger partial charge < -0.3 is 50.3 Å². The second-order valence-electron chi connectivity index (χ2n) is 8.89. The van der Waals surface area contributed by atoms with Crippen molar-refractivity contribution in [3.63, 3.8) is 0 Å². The smallest absolute Gasteiger partial charge is 0.338 e. The van der Waals surface area contributed by atoms with Crippen LogP contribution in [-0.2, 0) is 11.2 Å². The molecule has 0 saturated carbocycles. The molecule has 2 unspecified atom stereocenters. The molecule has 0 fully saturated rings. The van der Waals surface area contributed by atoms with Crippen molar-refractivity contribution in [1.29, 1.82) is 0 Å². The number of fused-ring (bicyclic) bond motifs is 2. The Hall–Kier alpha value is -5.52. The van der Waals surface area contributed by atoms with E-state index in [9.17, 15) is 50.4 Å². The Morgan fingerprint density at radius 3 is 2.23 bits per heavy atom. The van der Waals surface area contributed by atoms with Gasteiger partial charge in [0.1, 0.15) is 23.4 Å². The van der Waals surface area contributed by atoms with E-state index in [0.29, 0.717) is 0 Å². The number of phenolic OH excluding ortho intramolecular Hbond substituents is 7. The molecule has 0 spiro atoms. The molecule has 0 aromatic heterocycles. The maximum atomic E-state index is 13.3. The summed E-state index contributed by atoms with van der Waals surface area (Å²) in [5.74, 6) is -6.27. The third kappa shape index (κ3) is 4.33. The lowest BCUT2D eigenvalue weighted by molar-refractivity contribution is -0.0188. The van der Waals surface area contributed by atoms with E-state index in [1.54, 1.807) is 0 Å². The predicted octanol–water partition coefficient (Wildman–Crippen LogP) is 2.75. The van der Waals surface area contributed by atoms with Gasteiger partial charge in [-0.2, -0.15) is 0 Å². The monoisotopic (exact) mass is 536 g/mol. The second kappa shape index (κ2) is 9.10. The van der Waals surface area contributed by atoms with E-state index in [2.05, 4.69) is 0 Å². The quantitative estimate of drug-likeness (QED) is 0.140. The molecule has 5 rings (SSSR count). The summed E-state index contributed by atoms with van der Waals surface area (Å²) in [6.07, 6.45) is -2.43. The van der Waals surface area contributed by atoms with Crippen LogP contribution < -0.4 is 10.2 Å². The van der Waals surface area contributed by atoms with Gasteiger partial charge in [-0.05, 0) is 35.7 Å². The van der Waals surface area contributed by atoms with E-state index in [4.69, 9.17) is 9.47 Å². The number of rotatable bonds is 3. The molecule has 200 valence electrons. The van der Waals surface area contributed by atoms with Crippen LogP contribution >= 0.6 is 0 Å². The molecular formula is C27H20O12. The fraction of sp³-hybridized carbons (Fsp3) is 0.111. The lowest BCUT2D eigenvalue weighted by Gasteiger charge is -2.34. The van der Waals surface area contributed by atoms with Crippen molar-refractivity contribution in [2.45, 2.75) is 18.6 Å².